The van der Waals surface area contributed by atoms with Gasteiger partial charge in [-0.3, -0.25) is 0 Å². The fourth-order valence-corrected chi connectivity index (χ4v) is 3.92. The molecule has 2 rings (SSSR count). The van der Waals surface area contributed by atoms with Crippen LogP contribution in [0.15, 0.2) is 35.1 Å². The van der Waals surface area contributed by atoms with Gasteiger partial charge in [0.15, 0.2) is 0 Å². The molecule has 0 aliphatic rings. The van der Waals surface area contributed by atoms with E-state index in [4.69, 9.17) is 0 Å². The molecule has 6 nitrogen and oxygen atoms in total. The zero-order valence-electron chi connectivity index (χ0n) is 11.2. The Labute approximate surface area is 122 Å². The van der Waals surface area contributed by atoms with Crippen LogP contribution >= 0.6 is 11.3 Å². The normalized spacial score (nSPS) is 11.8. The van der Waals surface area contributed by atoms with Gasteiger partial charge in [-0.25, -0.2) is 18.1 Å². The number of nitrogens with one attached hydrogen (secondary N) is 2. The van der Waals surface area contributed by atoms with Gasteiger partial charge in [0.05, 0.1) is 11.2 Å². The lowest BCUT2D eigenvalue weighted by Crippen LogP contribution is -2.26. The van der Waals surface area contributed by atoms with Gasteiger partial charge in [-0.1, -0.05) is 6.92 Å². The molecule has 2 aromatic rings. The van der Waals surface area contributed by atoms with E-state index in [1.165, 1.54) is 11.3 Å². The maximum absolute atomic E-state index is 12.1. The highest BCUT2D eigenvalue weighted by atomic mass is 32.2. The van der Waals surface area contributed by atoms with Crippen LogP contribution < -0.4 is 10.0 Å². The molecule has 8 heteroatoms. The van der Waals surface area contributed by atoms with Gasteiger partial charge in [-0.2, -0.15) is 0 Å². The van der Waals surface area contributed by atoms with E-state index in [1.54, 1.807) is 30.2 Å². The van der Waals surface area contributed by atoms with Crippen molar-refractivity contribution in [2.75, 3.05) is 13.1 Å². The molecule has 2 aromatic heterocycles. The van der Waals surface area contributed by atoms with E-state index in [0.717, 1.165) is 11.4 Å². The van der Waals surface area contributed by atoms with Crippen molar-refractivity contribution in [1.29, 1.82) is 0 Å². The van der Waals surface area contributed by atoms with Crippen molar-refractivity contribution in [3.05, 3.63) is 35.0 Å². The first-order valence-electron chi connectivity index (χ1n) is 6.35. The Morgan fingerprint density at radius 1 is 1.45 bits per heavy atom. The van der Waals surface area contributed by atoms with Crippen LogP contribution in [0.2, 0.25) is 0 Å². The summed E-state index contributed by atoms with van der Waals surface area (Å²) in [5.41, 5.74) is 0. The SMILES string of the molecule is CCNCc1cc(S(=O)(=O)NCCn2ccnc2)cs1. The first-order chi connectivity index (χ1) is 9.62. The summed E-state index contributed by atoms with van der Waals surface area (Å²) >= 11 is 1.45. The molecule has 0 atom stereocenters. The summed E-state index contributed by atoms with van der Waals surface area (Å²) in [7, 11) is -3.42. The van der Waals surface area contributed by atoms with E-state index in [9.17, 15) is 8.42 Å². The monoisotopic (exact) mass is 314 g/mol. The molecule has 0 saturated heterocycles. The van der Waals surface area contributed by atoms with Crippen molar-refractivity contribution in [2.45, 2.75) is 24.9 Å². The Kier molecular flexibility index (Phi) is 5.30. The number of nitrogens with zero attached hydrogens (tertiary/aromatic N) is 2. The molecule has 0 radical (unpaired) electrons. The molecule has 0 spiro atoms. The number of sulfonamides is 1. The Balaban J connectivity index is 1.90. The highest BCUT2D eigenvalue weighted by Crippen LogP contribution is 2.18. The average Bonchev–Trinajstić information content (AvgIpc) is 3.07. The van der Waals surface area contributed by atoms with Gasteiger partial charge < -0.3 is 9.88 Å². The second kappa shape index (κ2) is 6.98. The summed E-state index contributed by atoms with van der Waals surface area (Å²) in [6.07, 6.45) is 5.13. The Morgan fingerprint density at radius 2 is 2.30 bits per heavy atom. The Bertz CT molecular complexity index is 620. The van der Waals surface area contributed by atoms with Gasteiger partial charge in [-0.15, -0.1) is 11.3 Å². The number of rotatable bonds is 8. The van der Waals surface area contributed by atoms with Crippen LogP contribution in [0.3, 0.4) is 0 Å². The third-order valence-electron chi connectivity index (χ3n) is 2.71. The minimum Gasteiger partial charge on any atom is -0.336 e. The molecule has 2 heterocycles. The van der Waals surface area contributed by atoms with Gasteiger partial charge in [0, 0.05) is 42.3 Å². The predicted octanol–water partition coefficient (Wildman–Crippen LogP) is 1.03. The summed E-state index contributed by atoms with van der Waals surface area (Å²) in [6, 6.07) is 1.72. The van der Waals surface area contributed by atoms with E-state index >= 15 is 0 Å². The third-order valence-corrected chi connectivity index (χ3v) is 5.24. The largest absolute Gasteiger partial charge is 0.336 e. The Hall–Kier alpha value is -1.22. The molecule has 20 heavy (non-hydrogen) atoms. The van der Waals surface area contributed by atoms with Crippen LogP contribution in [0, 0.1) is 0 Å². The lowest BCUT2D eigenvalue weighted by atomic mass is 10.4. The smallest absolute Gasteiger partial charge is 0.241 e. The lowest BCUT2D eigenvalue weighted by molar-refractivity contribution is 0.573. The van der Waals surface area contributed by atoms with E-state index in [1.807, 2.05) is 11.5 Å². The van der Waals surface area contributed by atoms with E-state index in [2.05, 4.69) is 15.0 Å². The van der Waals surface area contributed by atoms with Crippen molar-refractivity contribution in [3.8, 4) is 0 Å². The summed E-state index contributed by atoms with van der Waals surface area (Å²) in [5.74, 6) is 0. The summed E-state index contributed by atoms with van der Waals surface area (Å²) in [4.78, 5) is 5.26. The van der Waals surface area contributed by atoms with Crippen molar-refractivity contribution in [2.24, 2.45) is 0 Å². The highest BCUT2D eigenvalue weighted by Gasteiger charge is 2.15. The van der Waals surface area contributed by atoms with E-state index in [0.29, 0.717) is 24.5 Å². The van der Waals surface area contributed by atoms with Crippen LogP contribution in [0.5, 0.6) is 0 Å². The van der Waals surface area contributed by atoms with Crippen LogP contribution in [0.4, 0.5) is 0 Å². The van der Waals surface area contributed by atoms with Gasteiger partial charge in [-0.05, 0) is 12.6 Å². The number of aromatic nitrogens is 2. The Morgan fingerprint density at radius 3 is 3.00 bits per heavy atom. The predicted molar refractivity (Wildman–Crippen MR) is 79.1 cm³/mol. The third kappa shape index (κ3) is 4.14. The van der Waals surface area contributed by atoms with Gasteiger partial charge in [0.1, 0.15) is 0 Å². The van der Waals surface area contributed by atoms with Crippen LogP contribution in [0.1, 0.15) is 11.8 Å². The minimum absolute atomic E-state index is 0.334. The second-order valence-electron chi connectivity index (χ2n) is 4.23. The topological polar surface area (TPSA) is 76.0 Å². The standard InChI is InChI=1S/C12H18N4O2S2/c1-2-13-8-11-7-12(9-19-11)20(17,18)15-4-6-16-5-3-14-10-16/h3,5,7,9-10,13,15H,2,4,6,8H2,1H3. The molecule has 2 N–H and O–H groups in total. The molecule has 0 bridgehead atoms. The second-order valence-corrected chi connectivity index (χ2v) is 6.99. The lowest BCUT2D eigenvalue weighted by Gasteiger charge is -2.05. The van der Waals surface area contributed by atoms with Gasteiger partial charge >= 0.3 is 0 Å². The van der Waals surface area contributed by atoms with Crippen molar-refractivity contribution < 1.29 is 8.42 Å². The van der Waals surface area contributed by atoms with Gasteiger partial charge in [0.2, 0.25) is 10.0 Å². The highest BCUT2D eigenvalue weighted by molar-refractivity contribution is 7.89. The van der Waals surface area contributed by atoms with Crippen LogP contribution in [-0.2, 0) is 23.1 Å². The number of imidazole rings is 1. The van der Waals surface area contributed by atoms with Crippen LogP contribution in [0.25, 0.3) is 0 Å². The zero-order chi connectivity index (χ0) is 14.4. The maximum Gasteiger partial charge on any atom is 0.241 e. The van der Waals surface area contributed by atoms with E-state index < -0.39 is 10.0 Å². The first kappa shape index (κ1) is 15.2. The average molecular weight is 314 g/mol. The van der Waals surface area contributed by atoms with Crippen molar-refractivity contribution >= 4 is 21.4 Å². The molecule has 0 amide bonds. The molecular weight excluding hydrogens is 296 g/mol. The first-order valence-corrected chi connectivity index (χ1v) is 8.71. The van der Waals surface area contributed by atoms with Crippen molar-refractivity contribution in [1.82, 2.24) is 19.6 Å². The molecule has 0 unspecified atom stereocenters. The maximum atomic E-state index is 12.1. The summed E-state index contributed by atoms with van der Waals surface area (Å²) in [5, 5.41) is 4.85. The number of hydrogen-bond acceptors (Lipinski definition) is 5. The summed E-state index contributed by atoms with van der Waals surface area (Å²) in [6.45, 7) is 4.49. The molecule has 0 aliphatic heterocycles. The van der Waals surface area contributed by atoms with Crippen LogP contribution in [-0.4, -0.2) is 31.1 Å². The number of hydrogen-bond donors (Lipinski definition) is 2. The van der Waals surface area contributed by atoms with E-state index in [-0.39, 0.29) is 0 Å². The fraction of sp³-hybridized carbons (Fsp3) is 0.417. The molecule has 0 aliphatic carbocycles. The quantitative estimate of drug-likeness (QED) is 0.763. The fourth-order valence-electron chi connectivity index (χ4n) is 1.65. The molecule has 0 aromatic carbocycles. The zero-order valence-corrected chi connectivity index (χ0v) is 12.9. The minimum atomic E-state index is -3.42. The number of thiophene rings is 1. The summed E-state index contributed by atoms with van der Waals surface area (Å²) < 4.78 is 28.6. The van der Waals surface area contributed by atoms with Crippen molar-refractivity contribution in [3.63, 3.8) is 0 Å². The van der Waals surface area contributed by atoms with Gasteiger partial charge in [0.25, 0.3) is 0 Å². The molecule has 0 saturated carbocycles. The molecular formula is C12H18N4O2S2. The molecule has 110 valence electrons. The molecule has 0 fully saturated rings.